The number of carbonyl (C=O) groups excluding carboxylic acids is 2. The number of carbonyl (C=O) groups is 2. The molecule has 2 fully saturated rings. The number of amides is 2. The molecule has 2 aliphatic heterocycles. The standard InChI is InChI=1S/C30H41N3O4/c1-2-3-4-16-32-30(35)24-9-13-27(14-10-24)37-22-25-21-31-17-15-28(25)23-7-11-26(12-8-23)36-20-19-33-18-5-6-29(33)34/h7-14,25,28,31H,2-6,15-22H2,1H3,(H,32,35)/t25?,28-/m0/s1. The summed E-state index contributed by atoms with van der Waals surface area (Å²) in [6.45, 7) is 7.40. The molecular weight excluding hydrogens is 466 g/mol. The summed E-state index contributed by atoms with van der Waals surface area (Å²) in [6.07, 6.45) is 5.96. The molecule has 7 heteroatoms. The molecule has 2 N–H and O–H groups in total. The van der Waals surface area contributed by atoms with Crippen molar-refractivity contribution in [3.63, 3.8) is 0 Å². The van der Waals surface area contributed by atoms with E-state index in [4.69, 9.17) is 9.47 Å². The predicted molar refractivity (Wildman–Crippen MR) is 145 cm³/mol. The third-order valence-electron chi connectivity index (χ3n) is 7.36. The van der Waals surface area contributed by atoms with Crippen LogP contribution in [0.4, 0.5) is 0 Å². The van der Waals surface area contributed by atoms with Crippen LogP contribution in [0, 0.1) is 5.92 Å². The molecule has 2 aromatic carbocycles. The monoisotopic (exact) mass is 507 g/mol. The number of nitrogens with one attached hydrogen (secondary N) is 2. The van der Waals surface area contributed by atoms with Crippen LogP contribution in [0.1, 0.15) is 67.3 Å². The molecule has 2 aromatic rings. The molecule has 0 bridgehead atoms. The number of likely N-dealkylation sites (tertiary alicyclic amines) is 1. The lowest BCUT2D eigenvalue weighted by atomic mass is 9.81. The Morgan fingerprint density at radius 2 is 1.81 bits per heavy atom. The molecule has 0 saturated carbocycles. The number of benzene rings is 2. The van der Waals surface area contributed by atoms with Gasteiger partial charge in [0.05, 0.1) is 13.2 Å². The molecule has 2 atom stereocenters. The molecule has 200 valence electrons. The van der Waals surface area contributed by atoms with Crippen molar-refractivity contribution in [3.8, 4) is 11.5 Å². The first-order chi connectivity index (χ1) is 18.1. The highest BCUT2D eigenvalue weighted by Gasteiger charge is 2.27. The first kappa shape index (κ1) is 27.0. The van der Waals surface area contributed by atoms with Crippen LogP contribution in [0.5, 0.6) is 11.5 Å². The van der Waals surface area contributed by atoms with Gasteiger partial charge in [0.15, 0.2) is 0 Å². The maximum absolute atomic E-state index is 12.3. The van der Waals surface area contributed by atoms with Gasteiger partial charge in [-0.2, -0.15) is 0 Å². The van der Waals surface area contributed by atoms with E-state index in [1.165, 1.54) is 5.56 Å². The number of unbranched alkanes of at least 4 members (excludes halogenated alkanes) is 2. The Hall–Kier alpha value is -3.06. The number of hydrogen-bond acceptors (Lipinski definition) is 5. The minimum absolute atomic E-state index is 0.0313. The summed E-state index contributed by atoms with van der Waals surface area (Å²) in [5, 5.41) is 6.48. The summed E-state index contributed by atoms with van der Waals surface area (Å²) >= 11 is 0. The van der Waals surface area contributed by atoms with Gasteiger partial charge in [-0.15, -0.1) is 0 Å². The van der Waals surface area contributed by atoms with E-state index in [2.05, 4.69) is 29.7 Å². The Morgan fingerprint density at radius 1 is 1.05 bits per heavy atom. The van der Waals surface area contributed by atoms with Crippen molar-refractivity contribution in [1.29, 1.82) is 0 Å². The fourth-order valence-corrected chi connectivity index (χ4v) is 5.15. The molecular formula is C30H41N3O4. The molecule has 7 nitrogen and oxygen atoms in total. The first-order valence-electron chi connectivity index (χ1n) is 13.9. The van der Waals surface area contributed by atoms with Crippen LogP contribution < -0.4 is 20.1 Å². The fourth-order valence-electron chi connectivity index (χ4n) is 5.15. The topological polar surface area (TPSA) is 79.9 Å². The zero-order chi connectivity index (χ0) is 25.9. The Kier molecular flexibility index (Phi) is 10.2. The van der Waals surface area contributed by atoms with Crippen LogP contribution in [0.3, 0.4) is 0 Å². The second-order valence-electron chi connectivity index (χ2n) is 10.1. The van der Waals surface area contributed by atoms with E-state index < -0.39 is 0 Å². The van der Waals surface area contributed by atoms with E-state index in [9.17, 15) is 9.59 Å². The lowest BCUT2D eigenvalue weighted by molar-refractivity contribution is -0.128. The lowest BCUT2D eigenvalue weighted by Gasteiger charge is -2.32. The third kappa shape index (κ3) is 7.96. The smallest absolute Gasteiger partial charge is 0.251 e. The van der Waals surface area contributed by atoms with E-state index in [1.54, 1.807) is 0 Å². The van der Waals surface area contributed by atoms with E-state index in [-0.39, 0.29) is 11.8 Å². The molecule has 2 heterocycles. The van der Waals surface area contributed by atoms with E-state index >= 15 is 0 Å². The zero-order valence-corrected chi connectivity index (χ0v) is 22.0. The van der Waals surface area contributed by atoms with Crippen LogP contribution in [0.15, 0.2) is 48.5 Å². The highest BCUT2D eigenvalue weighted by molar-refractivity contribution is 5.94. The second kappa shape index (κ2) is 14.0. The summed E-state index contributed by atoms with van der Waals surface area (Å²) in [7, 11) is 0. The summed E-state index contributed by atoms with van der Waals surface area (Å²) in [5.41, 5.74) is 1.96. The van der Waals surface area contributed by atoms with Crippen LogP contribution in [-0.4, -0.2) is 62.7 Å². The molecule has 0 radical (unpaired) electrons. The largest absolute Gasteiger partial charge is 0.493 e. The number of ether oxygens (including phenoxy) is 2. The van der Waals surface area contributed by atoms with Crippen LogP contribution in [0.2, 0.25) is 0 Å². The van der Waals surface area contributed by atoms with Gasteiger partial charge in [0, 0.05) is 37.5 Å². The molecule has 4 rings (SSSR count). The van der Waals surface area contributed by atoms with E-state index in [0.717, 1.165) is 63.2 Å². The van der Waals surface area contributed by atoms with Gasteiger partial charge in [-0.1, -0.05) is 31.9 Å². The fraction of sp³-hybridized carbons (Fsp3) is 0.533. The van der Waals surface area contributed by atoms with Crippen molar-refractivity contribution in [1.82, 2.24) is 15.5 Å². The number of piperidine rings is 1. The minimum atomic E-state index is -0.0313. The third-order valence-corrected chi connectivity index (χ3v) is 7.36. The van der Waals surface area contributed by atoms with Gasteiger partial charge in [-0.3, -0.25) is 9.59 Å². The quantitative estimate of drug-likeness (QED) is 0.394. The second-order valence-corrected chi connectivity index (χ2v) is 10.1. The maximum Gasteiger partial charge on any atom is 0.251 e. The average molecular weight is 508 g/mol. The summed E-state index contributed by atoms with van der Waals surface area (Å²) < 4.78 is 12.0. The van der Waals surface area contributed by atoms with Gasteiger partial charge in [0.25, 0.3) is 5.91 Å². The van der Waals surface area contributed by atoms with Gasteiger partial charge in [-0.25, -0.2) is 0 Å². The Bertz CT molecular complexity index is 993. The van der Waals surface area contributed by atoms with Gasteiger partial charge >= 0.3 is 0 Å². The Labute approximate surface area is 220 Å². The van der Waals surface area contributed by atoms with Crippen molar-refractivity contribution in [2.75, 3.05) is 45.9 Å². The zero-order valence-electron chi connectivity index (χ0n) is 22.0. The molecule has 2 saturated heterocycles. The van der Waals surface area contributed by atoms with Crippen molar-refractivity contribution in [2.24, 2.45) is 5.92 Å². The molecule has 0 spiro atoms. The highest BCUT2D eigenvalue weighted by Crippen LogP contribution is 2.32. The lowest BCUT2D eigenvalue weighted by Crippen LogP contribution is -2.38. The molecule has 2 amide bonds. The van der Waals surface area contributed by atoms with Crippen LogP contribution >= 0.6 is 0 Å². The van der Waals surface area contributed by atoms with Gasteiger partial charge < -0.3 is 25.0 Å². The van der Waals surface area contributed by atoms with E-state index in [0.29, 0.717) is 50.1 Å². The number of nitrogens with zero attached hydrogens (tertiary/aromatic N) is 1. The molecule has 1 unspecified atom stereocenters. The molecule has 2 aliphatic rings. The number of rotatable bonds is 13. The minimum Gasteiger partial charge on any atom is -0.493 e. The summed E-state index contributed by atoms with van der Waals surface area (Å²) in [4.78, 5) is 25.9. The van der Waals surface area contributed by atoms with Crippen LogP contribution in [-0.2, 0) is 4.79 Å². The van der Waals surface area contributed by atoms with Crippen molar-refractivity contribution in [2.45, 2.75) is 51.4 Å². The SMILES string of the molecule is CCCCCNC(=O)c1ccc(OCC2CNCC[C@H]2c2ccc(OCCN3CCCC3=O)cc2)cc1. The first-order valence-corrected chi connectivity index (χ1v) is 13.9. The van der Waals surface area contributed by atoms with Gasteiger partial charge in [0.2, 0.25) is 5.91 Å². The van der Waals surface area contributed by atoms with Crippen LogP contribution in [0.25, 0.3) is 0 Å². The Morgan fingerprint density at radius 3 is 2.54 bits per heavy atom. The van der Waals surface area contributed by atoms with Crippen molar-refractivity contribution >= 4 is 11.8 Å². The highest BCUT2D eigenvalue weighted by atomic mass is 16.5. The predicted octanol–water partition coefficient (Wildman–Crippen LogP) is 4.38. The summed E-state index contributed by atoms with van der Waals surface area (Å²) in [5.74, 6) is 2.58. The molecule has 0 aliphatic carbocycles. The maximum atomic E-state index is 12.3. The van der Waals surface area contributed by atoms with E-state index in [1.807, 2.05) is 41.3 Å². The van der Waals surface area contributed by atoms with Gasteiger partial charge in [0.1, 0.15) is 18.1 Å². The number of hydrogen-bond donors (Lipinski definition) is 2. The normalized spacial score (nSPS) is 19.6. The molecule has 0 aromatic heterocycles. The van der Waals surface area contributed by atoms with Gasteiger partial charge in [-0.05, 0) is 73.7 Å². The molecule has 37 heavy (non-hydrogen) atoms. The Balaban J connectivity index is 1.25. The van der Waals surface area contributed by atoms with Crippen molar-refractivity contribution < 1.29 is 19.1 Å². The van der Waals surface area contributed by atoms with Crippen molar-refractivity contribution in [3.05, 3.63) is 59.7 Å². The average Bonchev–Trinajstić information content (AvgIpc) is 3.35. The summed E-state index contributed by atoms with van der Waals surface area (Å²) in [6, 6.07) is 15.8.